The standard InChI is InChI=1S/C9H9FO3.C6H14N2/c1-12-8-3-6(5-11)7(10)4-9(8)13-2;1-8(2)6-3-4-7-5-6/h3-5H,1-2H3;6-7H,3-5H2,1-2H3/t;6-/m.0/s1. The molecule has 5 nitrogen and oxygen atoms in total. The molecule has 0 aromatic heterocycles. The number of benzene rings is 1. The van der Waals surface area contributed by atoms with E-state index in [4.69, 9.17) is 9.47 Å². The highest BCUT2D eigenvalue weighted by atomic mass is 19.1. The summed E-state index contributed by atoms with van der Waals surface area (Å²) < 4.78 is 22.7. The van der Waals surface area contributed by atoms with Gasteiger partial charge in [-0.05, 0) is 33.1 Å². The minimum Gasteiger partial charge on any atom is -0.493 e. The summed E-state index contributed by atoms with van der Waals surface area (Å²) in [5.74, 6) is -0.00995. The fourth-order valence-corrected chi connectivity index (χ4v) is 2.04. The fraction of sp³-hybridized carbons (Fsp3) is 0.533. The van der Waals surface area contributed by atoms with Gasteiger partial charge in [0.2, 0.25) is 0 Å². The second kappa shape index (κ2) is 8.59. The van der Waals surface area contributed by atoms with Crippen LogP contribution in [0.5, 0.6) is 11.5 Å². The minimum absolute atomic E-state index is 0.0438. The third-order valence-electron chi connectivity index (χ3n) is 3.39. The normalized spacial score (nSPS) is 17.1. The second-order valence-corrected chi connectivity index (χ2v) is 4.96. The highest BCUT2D eigenvalue weighted by molar-refractivity contribution is 5.76. The molecule has 1 saturated heterocycles. The molecule has 1 aromatic carbocycles. The number of aldehydes is 1. The van der Waals surface area contributed by atoms with Gasteiger partial charge in [-0.25, -0.2) is 4.39 Å². The summed E-state index contributed by atoms with van der Waals surface area (Å²) in [6.07, 6.45) is 1.74. The van der Waals surface area contributed by atoms with Crippen molar-refractivity contribution < 1.29 is 18.7 Å². The van der Waals surface area contributed by atoms with Crippen molar-refractivity contribution in [3.8, 4) is 11.5 Å². The molecular weight excluding hydrogens is 275 g/mol. The van der Waals surface area contributed by atoms with Crippen LogP contribution in [0, 0.1) is 5.82 Å². The number of carbonyl (C=O) groups is 1. The summed E-state index contributed by atoms with van der Waals surface area (Å²) in [6, 6.07) is 3.19. The van der Waals surface area contributed by atoms with Gasteiger partial charge in [0, 0.05) is 18.7 Å². The number of halogens is 1. The van der Waals surface area contributed by atoms with E-state index in [0.717, 1.165) is 12.1 Å². The summed E-state index contributed by atoms with van der Waals surface area (Å²) in [5.41, 5.74) is -0.0438. The summed E-state index contributed by atoms with van der Waals surface area (Å²) in [4.78, 5) is 12.6. The first kappa shape index (κ1) is 17.4. The quantitative estimate of drug-likeness (QED) is 0.855. The molecule has 1 N–H and O–H groups in total. The molecular formula is C15H23FN2O3. The fourth-order valence-electron chi connectivity index (χ4n) is 2.04. The molecule has 0 amide bonds. The van der Waals surface area contributed by atoms with Crippen LogP contribution in [0.4, 0.5) is 4.39 Å². The monoisotopic (exact) mass is 298 g/mol. The highest BCUT2D eigenvalue weighted by Crippen LogP contribution is 2.28. The van der Waals surface area contributed by atoms with Gasteiger partial charge in [0.15, 0.2) is 17.8 Å². The number of rotatable bonds is 4. The van der Waals surface area contributed by atoms with Gasteiger partial charge in [-0.15, -0.1) is 0 Å². The van der Waals surface area contributed by atoms with Crippen molar-refractivity contribution in [3.63, 3.8) is 0 Å². The number of methoxy groups -OCH3 is 2. The maximum Gasteiger partial charge on any atom is 0.163 e. The summed E-state index contributed by atoms with van der Waals surface area (Å²) >= 11 is 0. The third kappa shape index (κ3) is 4.99. The Balaban J connectivity index is 0.000000235. The Hall–Kier alpha value is -1.66. The van der Waals surface area contributed by atoms with E-state index in [1.165, 1.54) is 39.8 Å². The molecule has 21 heavy (non-hydrogen) atoms. The molecule has 1 atom stereocenters. The number of likely N-dealkylation sites (N-methyl/N-ethyl adjacent to an activating group) is 1. The first-order valence-corrected chi connectivity index (χ1v) is 6.77. The molecule has 0 unspecified atom stereocenters. The summed E-state index contributed by atoms with van der Waals surface area (Å²) in [6.45, 7) is 2.37. The topological polar surface area (TPSA) is 50.8 Å². The number of hydrogen-bond acceptors (Lipinski definition) is 5. The van der Waals surface area contributed by atoms with Gasteiger partial charge in [0.25, 0.3) is 0 Å². The van der Waals surface area contributed by atoms with Gasteiger partial charge in [-0.3, -0.25) is 4.79 Å². The van der Waals surface area contributed by atoms with Crippen molar-refractivity contribution in [1.82, 2.24) is 10.2 Å². The van der Waals surface area contributed by atoms with Crippen LogP contribution in [0.3, 0.4) is 0 Å². The number of ether oxygens (including phenoxy) is 2. The molecule has 0 saturated carbocycles. The highest BCUT2D eigenvalue weighted by Gasteiger charge is 2.15. The van der Waals surface area contributed by atoms with Crippen LogP contribution >= 0.6 is 0 Å². The van der Waals surface area contributed by atoms with Crippen LogP contribution in [-0.2, 0) is 0 Å². The van der Waals surface area contributed by atoms with Crippen LogP contribution in [0.2, 0.25) is 0 Å². The van der Waals surface area contributed by atoms with E-state index < -0.39 is 5.82 Å². The van der Waals surface area contributed by atoms with Crippen LogP contribution in [-0.4, -0.2) is 58.6 Å². The Morgan fingerprint density at radius 2 is 1.90 bits per heavy atom. The van der Waals surface area contributed by atoms with Crippen LogP contribution in [0.1, 0.15) is 16.8 Å². The molecule has 1 fully saturated rings. The zero-order valence-electron chi connectivity index (χ0n) is 13.0. The Bertz CT molecular complexity index is 460. The lowest BCUT2D eigenvalue weighted by atomic mass is 10.2. The van der Waals surface area contributed by atoms with Gasteiger partial charge in [-0.1, -0.05) is 0 Å². The molecule has 118 valence electrons. The maximum absolute atomic E-state index is 13.0. The third-order valence-corrected chi connectivity index (χ3v) is 3.39. The van der Waals surface area contributed by atoms with Crippen LogP contribution in [0.15, 0.2) is 12.1 Å². The molecule has 6 heteroatoms. The smallest absolute Gasteiger partial charge is 0.163 e. The van der Waals surface area contributed by atoms with Crippen LogP contribution in [0.25, 0.3) is 0 Å². The molecule has 0 bridgehead atoms. The molecule has 2 rings (SSSR count). The molecule has 0 radical (unpaired) electrons. The van der Waals surface area contributed by atoms with E-state index in [-0.39, 0.29) is 11.3 Å². The molecule has 1 aliphatic heterocycles. The van der Waals surface area contributed by atoms with Crippen molar-refractivity contribution in [2.45, 2.75) is 12.5 Å². The first-order valence-electron chi connectivity index (χ1n) is 6.77. The van der Waals surface area contributed by atoms with Crippen molar-refractivity contribution >= 4 is 6.29 Å². The van der Waals surface area contributed by atoms with Crippen molar-refractivity contribution in [2.24, 2.45) is 0 Å². The zero-order valence-corrected chi connectivity index (χ0v) is 13.0. The largest absolute Gasteiger partial charge is 0.493 e. The Labute approximate surface area is 125 Å². The van der Waals surface area contributed by atoms with Crippen molar-refractivity contribution in [3.05, 3.63) is 23.5 Å². The van der Waals surface area contributed by atoms with Gasteiger partial charge in [0.05, 0.1) is 19.8 Å². The first-order chi connectivity index (χ1) is 10.0. The predicted molar refractivity (Wildman–Crippen MR) is 79.9 cm³/mol. The summed E-state index contributed by atoms with van der Waals surface area (Å²) in [7, 11) is 7.09. The molecule has 1 aromatic rings. The minimum atomic E-state index is -0.618. The van der Waals surface area contributed by atoms with E-state index in [1.807, 2.05) is 0 Å². The van der Waals surface area contributed by atoms with Crippen molar-refractivity contribution in [1.29, 1.82) is 0 Å². The number of carbonyl (C=O) groups excluding carboxylic acids is 1. The van der Waals surface area contributed by atoms with Crippen molar-refractivity contribution in [2.75, 3.05) is 41.4 Å². The zero-order chi connectivity index (χ0) is 15.8. The average molecular weight is 298 g/mol. The van der Waals surface area contributed by atoms with E-state index in [1.54, 1.807) is 0 Å². The van der Waals surface area contributed by atoms with E-state index in [9.17, 15) is 9.18 Å². The summed E-state index contributed by atoms with van der Waals surface area (Å²) in [5, 5.41) is 3.31. The van der Waals surface area contributed by atoms with Crippen LogP contribution < -0.4 is 14.8 Å². The molecule has 1 aliphatic rings. The Kier molecular flexibility index (Phi) is 7.11. The van der Waals surface area contributed by atoms with E-state index >= 15 is 0 Å². The van der Waals surface area contributed by atoms with E-state index in [2.05, 4.69) is 24.3 Å². The number of nitrogens with one attached hydrogen (secondary N) is 1. The van der Waals surface area contributed by atoms with E-state index in [0.29, 0.717) is 12.0 Å². The Morgan fingerprint density at radius 1 is 1.29 bits per heavy atom. The SMILES string of the molecule is CN(C)[C@H]1CCNC1.COc1cc(F)c(C=O)cc1OC. The van der Waals surface area contributed by atoms with Gasteiger partial charge in [-0.2, -0.15) is 0 Å². The van der Waals surface area contributed by atoms with Gasteiger partial charge < -0.3 is 19.7 Å². The number of hydrogen-bond donors (Lipinski definition) is 1. The molecule has 1 heterocycles. The lowest BCUT2D eigenvalue weighted by Crippen LogP contribution is -2.29. The van der Waals surface area contributed by atoms with Gasteiger partial charge in [0.1, 0.15) is 5.82 Å². The molecule has 0 aliphatic carbocycles. The average Bonchev–Trinajstić information content (AvgIpc) is 3.02. The molecule has 0 spiro atoms. The lowest BCUT2D eigenvalue weighted by Gasteiger charge is -2.16. The maximum atomic E-state index is 13.0. The lowest BCUT2D eigenvalue weighted by molar-refractivity contribution is 0.111. The second-order valence-electron chi connectivity index (χ2n) is 4.96. The number of nitrogens with zero attached hydrogens (tertiary/aromatic N) is 1. The Morgan fingerprint density at radius 3 is 2.29 bits per heavy atom. The van der Waals surface area contributed by atoms with Gasteiger partial charge >= 0.3 is 0 Å². The predicted octanol–water partition coefficient (Wildman–Crippen LogP) is 1.57.